The highest BCUT2D eigenvalue weighted by molar-refractivity contribution is 9.10. The Balaban J connectivity index is 2.16. The summed E-state index contributed by atoms with van der Waals surface area (Å²) in [6.45, 7) is 0. The molecule has 0 saturated heterocycles. The van der Waals surface area contributed by atoms with Gasteiger partial charge in [-0.2, -0.15) is 0 Å². The van der Waals surface area contributed by atoms with Gasteiger partial charge in [0.2, 0.25) is 9.84 Å². The summed E-state index contributed by atoms with van der Waals surface area (Å²) in [5.41, 5.74) is 0.835. The number of rotatable bonds is 3. The first-order valence-corrected chi connectivity index (χ1v) is 8.46. The molecule has 1 heterocycles. The number of nitrogens with one attached hydrogen (secondary N) is 1. The smallest absolute Gasteiger partial charge is 0.206 e. The molecule has 108 valence electrons. The molecule has 0 aliphatic carbocycles. The fourth-order valence-electron chi connectivity index (χ4n) is 2.16. The van der Waals surface area contributed by atoms with E-state index in [1.807, 2.05) is 0 Å². The molecule has 3 aromatic rings. The minimum Gasteiger partial charge on any atom is -0.495 e. The summed E-state index contributed by atoms with van der Waals surface area (Å²) in [6.07, 6.45) is 1.71. The van der Waals surface area contributed by atoms with Gasteiger partial charge in [-0.25, -0.2) is 8.42 Å². The van der Waals surface area contributed by atoms with Gasteiger partial charge in [0.05, 0.1) is 16.9 Å². The van der Waals surface area contributed by atoms with E-state index in [1.165, 1.54) is 0 Å². The van der Waals surface area contributed by atoms with Gasteiger partial charge in [0.25, 0.3) is 0 Å². The third-order valence-electron chi connectivity index (χ3n) is 3.27. The Bertz CT molecular complexity index is 898. The van der Waals surface area contributed by atoms with Gasteiger partial charge in [0.15, 0.2) is 0 Å². The van der Waals surface area contributed by atoms with Crippen molar-refractivity contribution >= 4 is 36.7 Å². The van der Waals surface area contributed by atoms with Crippen LogP contribution < -0.4 is 4.74 Å². The van der Waals surface area contributed by atoms with Crippen molar-refractivity contribution in [3.05, 3.63) is 53.1 Å². The molecule has 0 aliphatic rings. The molecule has 0 fully saturated rings. The molecule has 0 bridgehead atoms. The van der Waals surface area contributed by atoms with E-state index in [0.717, 1.165) is 15.4 Å². The standard InChI is InChI=1S/C15H12BrNO3S/c1-20-15-9-17-14-7-6-12(8-13(14)15)21(18,19)11-4-2-10(16)3-5-11/h2-9,17H,1H3. The average Bonchev–Trinajstić information content (AvgIpc) is 2.89. The fourth-order valence-corrected chi connectivity index (χ4v) is 3.71. The van der Waals surface area contributed by atoms with Crippen LogP contribution in [0.25, 0.3) is 10.9 Å². The Hall–Kier alpha value is -1.79. The van der Waals surface area contributed by atoms with Crippen molar-refractivity contribution in [2.45, 2.75) is 9.79 Å². The minimum atomic E-state index is -3.54. The lowest BCUT2D eigenvalue weighted by Gasteiger charge is -2.05. The van der Waals surface area contributed by atoms with Crippen molar-refractivity contribution in [3.63, 3.8) is 0 Å². The zero-order chi connectivity index (χ0) is 15.0. The molecular formula is C15H12BrNO3S. The van der Waals surface area contributed by atoms with Crippen molar-refractivity contribution in [1.82, 2.24) is 4.98 Å². The second-order valence-corrected chi connectivity index (χ2v) is 7.39. The first-order valence-electron chi connectivity index (χ1n) is 6.18. The highest BCUT2D eigenvalue weighted by Crippen LogP contribution is 2.30. The molecule has 21 heavy (non-hydrogen) atoms. The highest BCUT2D eigenvalue weighted by atomic mass is 79.9. The molecular weight excluding hydrogens is 354 g/mol. The second kappa shape index (κ2) is 5.20. The number of H-pyrrole nitrogens is 1. The van der Waals surface area contributed by atoms with Gasteiger partial charge in [-0.15, -0.1) is 0 Å². The first kappa shape index (κ1) is 14.2. The van der Waals surface area contributed by atoms with Crippen LogP contribution in [0.4, 0.5) is 0 Å². The zero-order valence-electron chi connectivity index (χ0n) is 11.1. The summed E-state index contributed by atoms with van der Waals surface area (Å²) in [5, 5.41) is 0.746. The number of sulfone groups is 1. The number of halogens is 1. The van der Waals surface area contributed by atoms with Crippen LogP contribution >= 0.6 is 15.9 Å². The van der Waals surface area contributed by atoms with E-state index in [1.54, 1.807) is 55.8 Å². The molecule has 6 heteroatoms. The van der Waals surface area contributed by atoms with Gasteiger partial charge in [-0.05, 0) is 42.5 Å². The maximum absolute atomic E-state index is 12.6. The molecule has 0 unspecified atom stereocenters. The highest BCUT2D eigenvalue weighted by Gasteiger charge is 2.19. The normalized spacial score (nSPS) is 11.7. The lowest BCUT2D eigenvalue weighted by atomic mass is 10.2. The Morgan fingerprint density at radius 2 is 1.71 bits per heavy atom. The molecule has 2 aromatic carbocycles. The van der Waals surface area contributed by atoms with Crippen molar-refractivity contribution in [2.24, 2.45) is 0 Å². The monoisotopic (exact) mass is 365 g/mol. The van der Waals surface area contributed by atoms with E-state index in [9.17, 15) is 8.42 Å². The molecule has 0 radical (unpaired) electrons. The van der Waals surface area contributed by atoms with Crippen molar-refractivity contribution in [2.75, 3.05) is 7.11 Å². The molecule has 4 nitrogen and oxygen atoms in total. The maximum atomic E-state index is 12.6. The van der Waals surface area contributed by atoms with Crippen LogP contribution in [0.3, 0.4) is 0 Å². The summed E-state index contributed by atoms with van der Waals surface area (Å²) in [5.74, 6) is 0.623. The van der Waals surface area contributed by atoms with E-state index in [0.29, 0.717) is 5.75 Å². The molecule has 1 aromatic heterocycles. The number of methoxy groups -OCH3 is 1. The maximum Gasteiger partial charge on any atom is 0.206 e. The van der Waals surface area contributed by atoms with Gasteiger partial charge in [-0.1, -0.05) is 15.9 Å². The summed E-state index contributed by atoms with van der Waals surface area (Å²) < 4.78 is 31.3. The van der Waals surface area contributed by atoms with Gasteiger partial charge < -0.3 is 9.72 Å². The first-order chi connectivity index (χ1) is 10.0. The molecule has 0 saturated carbocycles. The lowest BCUT2D eigenvalue weighted by molar-refractivity contribution is 0.419. The van der Waals surface area contributed by atoms with Gasteiger partial charge in [-0.3, -0.25) is 0 Å². The largest absolute Gasteiger partial charge is 0.495 e. The number of hydrogen-bond donors (Lipinski definition) is 1. The molecule has 3 rings (SSSR count). The molecule has 0 aliphatic heterocycles. The third kappa shape index (κ3) is 2.45. The Morgan fingerprint density at radius 3 is 2.38 bits per heavy atom. The Kier molecular flexibility index (Phi) is 3.51. The van der Waals surface area contributed by atoms with E-state index >= 15 is 0 Å². The van der Waals surface area contributed by atoms with Crippen LogP contribution in [0, 0.1) is 0 Å². The fraction of sp³-hybridized carbons (Fsp3) is 0.0667. The van der Waals surface area contributed by atoms with Crippen molar-refractivity contribution < 1.29 is 13.2 Å². The summed E-state index contributed by atoms with van der Waals surface area (Å²) >= 11 is 3.30. The topological polar surface area (TPSA) is 59.2 Å². The SMILES string of the molecule is COc1c[nH]c2ccc(S(=O)(=O)c3ccc(Br)cc3)cc12. The lowest BCUT2D eigenvalue weighted by Crippen LogP contribution is -2.01. The number of aromatic amines is 1. The van der Waals surface area contributed by atoms with Crippen molar-refractivity contribution in [1.29, 1.82) is 0 Å². The number of hydrogen-bond acceptors (Lipinski definition) is 3. The van der Waals surface area contributed by atoms with Crippen LogP contribution in [0.5, 0.6) is 5.75 Å². The number of ether oxygens (including phenoxy) is 1. The molecule has 1 N–H and O–H groups in total. The van der Waals surface area contributed by atoms with E-state index in [2.05, 4.69) is 20.9 Å². The van der Waals surface area contributed by atoms with E-state index < -0.39 is 9.84 Å². The zero-order valence-corrected chi connectivity index (χ0v) is 13.5. The quantitative estimate of drug-likeness (QED) is 0.768. The average molecular weight is 366 g/mol. The number of aromatic nitrogens is 1. The van der Waals surface area contributed by atoms with Crippen molar-refractivity contribution in [3.8, 4) is 5.75 Å². The van der Waals surface area contributed by atoms with Gasteiger partial charge in [0, 0.05) is 21.6 Å². The minimum absolute atomic E-state index is 0.246. The van der Waals surface area contributed by atoms with Gasteiger partial charge in [0.1, 0.15) is 5.75 Å². The summed E-state index contributed by atoms with van der Waals surface area (Å²) in [7, 11) is -1.99. The Morgan fingerprint density at radius 1 is 1.05 bits per heavy atom. The predicted octanol–water partition coefficient (Wildman–Crippen LogP) is 3.77. The van der Waals surface area contributed by atoms with Crippen LogP contribution in [-0.2, 0) is 9.84 Å². The number of benzene rings is 2. The van der Waals surface area contributed by atoms with E-state index in [-0.39, 0.29) is 9.79 Å². The Labute approximate surface area is 130 Å². The summed E-state index contributed by atoms with van der Waals surface area (Å²) in [4.78, 5) is 3.55. The van der Waals surface area contributed by atoms with Gasteiger partial charge >= 0.3 is 0 Å². The second-order valence-electron chi connectivity index (χ2n) is 4.52. The van der Waals surface area contributed by atoms with Crippen LogP contribution in [0.1, 0.15) is 0 Å². The van der Waals surface area contributed by atoms with E-state index in [4.69, 9.17) is 4.74 Å². The predicted molar refractivity (Wildman–Crippen MR) is 84.4 cm³/mol. The molecule has 0 atom stereocenters. The molecule has 0 amide bonds. The third-order valence-corrected chi connectivity index (χ3v) is 5.57. The van der Waals surface area contributed by atoms with Crippen LogP contribution in [0.15, 0.2) is 62.9 Å². The summed E-state index contributed by atoms with van der Waals surface area (Å²) in [6, 6.07) is 11.5. The van der Waals surface area contributed by atoms with Crippen LogP contribution in [-0.4, -0.2) is 20.5 Å². The van der Waals surface area contributed by atoms with Crippen LogP contribution in [0.2, 0.25) is 0 Å². The molecule has 0 spiro atoms. The number of fused-ring (bicyclic) bond motifs is 1.